The molecule has 2 aliphatic rings. The minimum atomic E-state index is -0.148. The number of aliphatic hydroxyl groups excluding tert-OH is 1. The molecule has 3 rings (SSSR count). The average molecular weight is 404 g/mol. The van der Waals surface area contributed by atoms with Gasteiger partial charge >= 0.3 is 0 Å². The van der Waals surface area contributed by atoms with Gasteiger partial charge < -0.3 is 14.9 Å². The summed E-state index contributed by atoms with van der Waals surface area (Å²) >= 11 is 0. The average Bonchev–Trinajstić information content (AvgIpc) is 2.76. The third-order valence-corrected chi connectivity index (χ3v) is 6.50. The lowest BCUT2D eigenvalue weighted by atomic mass is 10.0. The van der Waals surface area contributed by atoms with Crippen molar-refractivity contribution in [2.24, 2.45) is 5.92 Å². The Morgan fingerprint density at radius 3 is 2.55 bits per heavy atom. The minimum absolute atomic E-state index is 0.0484. The van der Waals surface area contributed by atoms with Crippen molar-refractivity contribution >= 4 is 11.7 Å². The Hall–Kier alpha value is -1.73. The first kappa shape index (κ1) is 22.0. The molecule has 1 N–H and O–H groups in total. The van der Waals surface area contributed by atoms with Crippen molar-refractivity contribution in [3.8, 4) is 0 Å². The van der Waals surface area contributed by atoms with Gasteiger partial charge in [-0.1, -0.05) is 27.2 Å². The van der Waals surface area contributed by atoms with E-state index in [1.807, 2.05) is 11.8 Å². The fraction of sp³-hybridized carbons (Fsp3) is 0.773. The van der Waals surface area contributed by atoms with Gasteiger partial charge in [0.2, 0.25) is 5.91 Å². The summed E-state index contributed by atoms with van der Waals surface area (Å²) in [4.78, 5) is 28.7. The second-order valence-corrected chi connectivity index (χ2v) is 8.42. The Morgan fingerprint density at radius 2 is 1.90 bits per heavy atom. The smallest absolute Gasteiger partial charge is 0.225 e. The van der Waals surface area contributed by atoms with E-state index >= 15 is 0 Å². The topological polar surface area (TPSA) is 72.8 Å². The number of aliphatic hydroxyl groups is 1. The zero-order chi connectivity index (χ0) is 20.8. The van der Waals surface area contributed by atoms with Gasteiger partial charge in [0.15, 0.2) is 0 Å². The van der Waals surface area contributed by atoms with Gasteiger partial charge in [-0.25, -0.2) is 9.97 Å². The van der Waals surface area contributed by atoms with E-state index in [9.17, 15) is 4.79 Å². The molecule has 2 aliphatic heterocycles. The van der Waals surface area contributed by atoms with E-state index in [0.717, 1.165) is 44.1 Å². The molecule has 1 aromatic rings. The Morgan fingerprint density at radius 1 is 1.14 bits per heavy atom. The number of amides is 1. The van der Waals surface area contributed by atoms with Gasteiger partial charge in [-0.3, -0.25) is 9.69 Å². The number of anilines is 1. The summed E-state index contributed by atoms with van der Waals surface area (Å²) in [6, 6.07) is 0.696. The van der Waals surface area contributed by atoms with Crippen molar-refractivity contribution in [2.45, 2.75) is 65.5 Å². The Bertz CT molecular complexity index is 675. The van der Waals surface area contributed by atoms with Crippen LogP contribution in [-0.4, -0.2) is 76.2 Å². The molecule has 2 atom stereocenters. The lowest BCUT2D eigenvalue weighted by molar-refractivity contribution is -0.136. The molecular formula is C22H37N5O2. The second kappa shape index (κ2) is 10.3. The van der Waals surface area contributed by atoms with Crippen LogP contribution in [0.15, 0.2) is 6.33 Å². The molecular weight excluding hydrogens is 366 g/mol. The molecule has 1 aromatic heterocycles. The van der Waals surface area contributed by atoms with Crippen LogP contribution in [0.3, 0.4) is 0 Å². The van der Waals surface area contributed by atoms with Gasteiger partial charge in [0.1, 0.15) is 12.1 Å². The van der Waals surface area contributed by atoms with Crippen LogP contribution < -0.4 is 4.90 Å². The van der Waals surface area contributed by atoms with Crippen LogP contribution in [0.5, 0.6) is 0 Å². The van der Waals surface area contributed by atoms with Crippen LogP contribution in [0.4, 0.5) is 5.82 Å². The molecule has 7 nitrogen and oxygen atoms in total. The zero-order valence-electron chi connectivity index (χ0n) is 18.3. The Kier molecular flexibility index (Phi) is 7.84. The quantitative estimate of drug-likeness (QED) is 0.716. The van der Waals surface area contributed by atoms with Gasteiger partial charge in [-0.05, 0) is 25.7 Å². The van der Waals surface area contributed by atoms with Gasteiger partial charge in [0, 0.05) is 56.9 Å². The summed E-state index contributed by atoms with van der Waals surface area (Å²) in [5.41, 5.74) is 2.19. The Balaban J connectivity index is 1.66. The summed E-state index contributed by atoms with van der Waals surface area (Å²) in [5.74, 6) is 1.03. The number of rotatable bonds is 8. The van der Waals surface area contributed by atoms with Crippen LogP contribution >= 0.6 is 0 Å². The van der Waals surface area contributed by atoms with E-state index in [2.05, 4.69) is 33.6 Å². The summed E-state index contributed by atoms with van der Waals surface area (Å²) < 4.78 is 0. The molecule has 7 heteroatoms. The summed E-state index contributed by atoms with van der Waals surface area (Å²) in [6.07, 6.45) is 6.70. The number of hydrogen-bond donors (Lipinski definition) is 1. The number of nitrogens with zero attached hydrogens (tertiary/aromatic N) is 5. The first-order chi connectivity index (χ1) is 14.1. The van der Waals surface area contributed by atoms with Crippen LogP contribution in [-0.2, 0) is 17.8 Å². The largest absolute Gasteiger partial charge is 0.396 e. The SMILES string of the molecule is CCCC(CC)N1CCN(c2ncnc3c2CCN(C(=O)C(C)CCO)C3)CC1. The van der Waals surface area contributed by atoms with Gasteiger partial charge in [-0.15, -0.1) is 0 Å². The zero-order valence-corrected chi connectivity index (χ0v) is 18.3. The second-order valence-electron chi connectivity index (χ2n) is 8.42. The highest BCUT2D eigenvalue weighted by Crippen LogP contribution is 2.28. The van der Waals surface area contributed by atoms with Crippen molar-refractivity contribution in [3.05, 3.63) is 17.6 Å². The van der Waals surface area contributed by atoms with Crippen LogP contribution in [0.25, 0.3) is 0 Å². The summed E-state index contributed by atoms with van der Waals surface area (Å²) in [5, 5.41) is 9.12. The number of carbonyl (C=O) groups excluding carboxylic acids is 1. The van der Waals surface area contributed by atoms with Crippen molar-refractivity contribution in [1.82, 2.24) is 19.8 Å². The molecule has 1 saturated heterocycles. The number of piperazine rings is 1. The molecule has 0 bridgehead atoms. The molecule has 162 valence electrons. The molecule has 0 aromatic carbocycles. The third-order valence-electron chi connectivity index (χ3n) is 6.50. The van der Waals surface area contributed by atoms with E-state index in [1.165, 1.54) is 24.8 Å². The number of carbonyl (C=O) groups is 1. The number of hydrogen-bond acceptors (Lipinski definition) is 6. The molecule has 3 heterocycles. The maximum Gasteiger partial charge on any atom is 0.225 e. The molecule has 0 radical (unpaired) electrons. The first-order valence-electron chi connectivity index (χ1n) is 11.3. The van der Waals surface area contributed by atoms with E-state index in [1.54, 1.807) is 6.33 Å². The fourth-order valence-electron chi connectivity index (χ4n) is 4.70. The lowest BCUT2D eigenvalue weighted by Gasteiger charge is -2.41. The third kappa shape index (κ3) is 5.07. The predicted octanol–water partition coefficient (Wildman–Crippen LogP) is 2.08. The maximum atomic E-state index is 12.6. The standard InChI is InChI=1S/C22H37N5O2/c1-4-6-18(5-2)25-10-12-26(13-11-25)21-19-7-9-27(15-20(19)23-16-24-21)22(29)17(3)8-14-28/h16-18,28H,4-15H2,1-3H3. The molecule has 0 spiro atoms. The van der Waals surface area contributed by atoms with Crippen molar-refractivity contribution in [2.75, 3.05) is 44.2 Å². The van der Waals surface area contributed by atoms with Crippen LogP contribution in [0, 0.1) is 5.92 Å². The molecule has 0 saturated carbocycles. The van der Waals surface area contributed by atoms with Crippen molar-refractivity contribution in [3.63, 3.8) is 0 Å². The first-order valence-corrected chi connectivity index (χ1v) is 11.3. The minimum Gasteiger partial charge on any atom is -0.396 e. The highest BCUT2D eigenvalue weighted by atomic mass is 16.3. The van der Waals surface area contributed by atoms with Gasteiger partial charge in [0.05, 0.1) is 12.2 Å². The predicted molar refractivity (Wildman–Crippen MR) is 115 cm³/mol. The lowest BCUT2D eigenvalue weighted by Crippen LogP contribution is -2.51. The number of fused-ring (bicyclic) bond motifs is 1. The van der Waals surface area contributed by atoms with E-state index in [-0.39, 0.29) is 18.4 Å². The van der Waals surface area contributed by atoms with E-state index in [4.69, 9.17) is 5.11 Å². The summed E-state index contributed by atoms with van der Waals surface area (Å²) in [7, 11) is 0. The number of aromatic nitrogens is 2. The molecule has 29 heavy (non-hydrogen) atoms. The monoisotopic (exact) mass is 403 g/mol. The van der Waals surface area contributed by atoms with Gasteiger partial charge in [0.25, 0.3) is 0 Å². The van der Waals surface area contributed by atoms with Crippen molar-refractivity contribution in [1.29, 1.82) is 0 Å². The van der Waals surface area contributed by atoms with Crippen LogP contribution in [0.2, 0.25) is 0 Å². The molecule has 1 amide bonds. The van der Waals surface area contributed by atoms with E-state index < -0.39 is 0 Å². The highest BCUT2D eigenvalue weighted by Gasteiger charge is 2.30. The van der Waals surface area contributed by atoms with Crippen LogP contribution in [0.1, 0.15) is 57.7 Å². The van der Waals surface area contributed by atoms with Crippen molar-refractivity contribution < 1.29 is 9.90 Å². The molecule has 2 unspecified atom stereocenters. The highest BCUT2D eigenvalue weighted by molar-refractivity contribution is 5.78. The van der Waals surface area contributed by atoms with E-state index in [0.29, 0.717) is 25.6 Å². The Labute approximate surface area is 175 Å². The summed E-state index contributed by atoms with van der Waals surface area (Å²) in [6.45, 7) is 11.9. The maximum absolute atomic E-state index is 12.6. The fourth-order valence-corrected chi connectivity index (χ4v) is 4.70. The van der Waals surface area contributed by atoms with Gasteiger partial charge in [-0.2, -0.15) is 0 Å². The molecule has 1 fully saturated rings. The molecule has 0 aliphatic carbocycles. The normalized spacial score (nSPS) is 19.7.